The van der Waals surface area contributed by atoms with Crippen LogP contribution in [0.1, 0.15) is 38.7 Å². The highest BCUT2D eigenvalue weighted by Gasteiger charge is 2.59. The minimum absolute atomic E-state index is 0.149. The SMILES string of the molecule is COc1ccc(CCNCC2C(=O)OC3CC4=CCCC(C)C4(C)C(O)C32)cc1OC. The van der Waals surface area contributed by atoms with Gasteiger partial charge < -0.3 is 24.6 Å². The third kappa shape index (κ3) is 3.85. The first-order chi connectivity index (χ1) is 14.9. The Bertz CT molecular complexity index is 852. The number of methoxy groups -OCH3 is 2. The van der Waals surface area contributed by atoms with Crippen molar-refractivity contribution >= 4 is 5.97 Å². The van der Waals surface area contributed by atoms with Gasteiger partial charge in [-0.3, -0.25) is 4.79 Å². The molecule has 1 saturated carbocycles. The number of carbonyl (C=O) groups is 1. The average molecular weight is 430 g/mol. The second-order valence-electron chi connectivity index (χ2n) is 9.44. The van der Waals surface area contributed by atoms with Crippen LogP contribution in [0.15, 0.2) is 29.8 Å². The van der Waals surface area contributed by atoms with Gasteiger partial charge in [-0.2, -0.15) is 0 Å². The number of aliphatic hydroxyl groups excluding tert-OH is 1. The smallest absolute Gasteiger partial charge is 0.311 e. The van der Waals surface area contributed by atoms with Crippen LogP contribution in [0.3, 0.4) is 0 Å². The quantitative estimate of drug-likeness (QED) is 0.394. The van der Waals surface area contributed by atoms with Gasteiger partial charge in [0.15, 0.2) is 11.5 Å². The van der Waals surface area contributed by atoms with Crippen LogP contribution in [-0.2, 0) is 16.0 Å². The van der Waals surface area contributed by atoms with E-state index in [9.17, 15) is 9.90 Å². The lowest BCUT2D eigenvalue weighted by atomic mass is 9.55. The van der Waals surface area contributed by atoms with Crippen molar-refractivity contribution in [3.63, 3.8) is 0 Å². The zero-order chi connectivity index (χ0) is 22.2. The maximum absolute atomic E-state index is 12.7. The first-order valence-corrected chi connectivity index (χ1v) is 11.4. The standard InChI is InChI=1S/C25H35NO5/c1-15-6-5-7-17-13-21-22(23(27)25(15,17)2)18(24(28)31-21)14-26-11-10-16-8-9-19(29-3)20(12-16)30-4/h7-9,12,15,18,21-23,26-27H,5-6,10-11,13-14H2,1-4H3. The molecule has 170 valence electrons. The number of ether oxygens (including phenoxy) is 3. The molecule has 4 rings (SSSR count). The summed E-state index contributed by atoms with van der Waals surface area (Å²) in [4.78, 5) is 12.7. The fourth-order valence-electron chi connectivity index (χ4n) is 5.82. The Labute approximate surface area is 185 Å². The maximum Gasteiger partial charge on any atom is 0.311 e. The van der Waals surface area contributed by atoms with Crippen LogP contribution in [0.5, 0.6) is 11.5 Å². The number of nitrogens with one attached hydrogen (secondary N) is 1. The number of aliphatic hydroxyl groups is 1. The summed E-state index contributed by atoms with van der Waals surface area (Å²) in [5.41, 5.74) is 2.15. The normalized spacial score (nSPS) is 34.4. The molecule has 6 unspecified atom stereocenters. The van der Waals surface area contributed by atoms with Gasteiger partial charge in [0, 0.05) is 24.3 Å². The van der Waals surface area contributed by atoms with Crippen molar-refractivity contribution in [1.82, 2.24) is 5.32 Å². The highest BCUT2D eigenvalue weighted by Crippen LogP contribution is 2.55. The van der Waals surface area contributed by atoms with Crippen molar-refractivity contribution in [2.45, 2.75) is 51.7 Å². The Morgan fingerprint density at radius 1 is 1.26 bits per heavy atom. The largest absolute Gasteiger partial charge is 0.493 e. The van der Waals surface area contributed by atoms with Gasteiger partial charge in [-0.05, 0) is 49.4 Å². The summed E-state index contributed by atoms with van der Waals surface area (Å²) in [7, 11) is 3.26. The number of allylic oxidation sites excluding steroid dienone is 1. The molecule has 0 radical (unpaired) electrons. The van der Waals surface area contributed by atoms with Crippen molar-refractivity contribution in [2.24, 2.45) is 23.2 Å². The molecule has 6 nitrogen and oxygen atoms in total. The molecule has 6 atom stereocenters. The molecule has 31 heavy (non-hydrogen) atoms. The summed E-state index contributed by atoms with van der Waals surface area (Å²) in [6, 6.07) is 5.90. The Morgan fingerprint density at radius 3 is 2.77 bits per heavy atom. The van der Waals surface area contributed by atoms with Gasteiger partial charge in [0.05, 0.1) is 26.2 Å². The zero-order valence-corrected chi connectivity index (χ0v) is 19.0. The summed E-state index contributed by atoms with van der Waals surface area (Å²) in [5, 5.41) is 14.8. The van der Waals surface area contributed by atoms with Gasteiger partial charge in [0.25, 0.3) is 0 Å². The number of fused-ring (bicyclic) bond motifs is 2. The van der Waals surface area contributed by atoms with Gasteiger partial charge >= 0.3 is 5.97 Å². The lowest BCUT2D eigenvalue weighted by Crippen LogP contribution is -2.54. The van der Waals surface area contributed by atoms with E-state index in [1.54, 1.807) is 14.2 Å². The van der Waals surface area contributed by atoms with E-state index in [2.05, 4.69) is 25.2 Å². The van der Waals surface area contributed by atoms with Crippen molar-refractivity contribution < 1.29 is 24.1 Å². The lowest BCUT2D eigenvalue weighted by molar-refractivity contribution is -0.144. The maximum atomic E-state index is 12.7. The van der Waals surface area contributed by atoms with Gasteiger partial charge in [-0.1, -0.05) is 31.6 Å². The minimum atomic E-state index is -0.558. The van der Waals surface area contributed by atoms with Crippen LogP contribution in [-0.4, -0.2) is 50.6 Å². The fraction of sp³-hybridized carbons (Fsp3) is 0.640. The van der Waals surface area contributed by atoms with Gasteiger partial charge in [-0.25, -0.2) is 0 Å². The predicted octanol–water partition coefficient (Wildman–Crippen LogP) is 3.12. The molecule has 2 fully saturated rings. The molecule has 6 heteroatoms. The van der Waals surface area contributed by atoms with Gasteiger partial charge in [-0.15, -0.1) is 0 Å². The molecule has 1 saturated heterocycles. The highest BCUT2D eigenvalue weighted by atomic mass is 16.6. The molecular formula is C25H35NO5. The van der Waals surface area contributed by atoms with E-state index in [0.29, 0.717) is 24.0 Å². The van der Waals surface area contributed by atoms with Crippen molar-refractivity contribution in [2.75, 3.05) is 27.3 Å². The van der Waals surface area contributed by atoms with Crippen molar-refractivity contribution in [3.8, 4) is 11.5 Å². The second-order valence-corrected chi connectivity index (χ2v) is 9.44. The monoisotopic (exact) mass is 429 g/mol. The average Bonchev–Trinajstić information content (AvgIpc) is 3.08. The summed E-state index contributed by atoms with van der Waals surface area (Å²) in [5.74, 6) is 1.19. The number of hydrogen-bond acceptors (Lipinski definition) is 6. The number of rotatable bonds is 7. The third-order valence-electron chi connectivity index (χ3n) is 7.97. The fourth-order valence-corrected chi connectivity index (χ4v) is 5.82. The molecule has 2 aliphatic carbocycles. The van der Waals surface area contributed by atoms with Gasteiger partial charge in [0.1, 0.15) is 6.10 Å². The molecule has 3 aliphatic rings. The molecule has 0 spiro atoms. The summed E-state index contributed by atoms with van der Waals surface area (Å²) in [6.45, 7) is 5.65. The zero-order valence-electron chi connectivity index (χ0n) is 19.0. The summed E-state index contributed by atoms with van der Waals surface area (Å²) in [6.07, 6.45) is 5.20. The second kappa shape index (κ2) is 8.83. The lowest BCUT2D eigenvalue weighted by Gasteiger charge is -2.51. The molecular weight excluding hydrogens is 394 g/mol. The summed E-state index contributed by atoms with van der Waals surface area (Å²) >= 11 is 0. The third-order valence-corrected chi connectivity index (χ3v) is 7.97. The molecule has 1 aromatic carbocycles. The molecule has 0 bridgehead atoms. The van der Waals surface area contributed by atoms with Crippen LogP contribution < -0.4 is 14.8 Å². The number of esters is 1. The molecule has 1 aliphatic heterocycles. The van der Waals surface area contributed by atoms with Crippen LogP contribution in [0.2, 0.25) is 0 Å². The van der Waals surface area contributed by atoms with E-state index < -0.39 is 6.10 Å². The number of benzene rings is 1. The van der Waals surface area contributed by atoms with Crippen LogP contribution in [0.25, 0.3) is 0 Å². The van der Waals surface area contributed by atoms with E-state index in [1.807, 2.05) is 18.2 Å². The molecule has 0 amide bonds. The molecule has 0 aromatic heterocycles. The minimum Gasteiger partial charge on any atom is -0.493 e. The van der Waals surface area contributed by atoms with E-state index in [4.69, 9.17) is 14.2 Å². The first-order valence-electron chi connectivity index (χ1n) is 11.4. The Kier molecular flexibility index (Phi) is 6.31. The first kappa shape index (κ1) is 22.2. The Hall–Kier alpha value is -2.05. The highest BCUT2D eigenvalue weighted by molar-refractivity contribution is 5.76. The van der Waals surface area contributed by atoms with E-state index in [0.717, 1.165) is 37.8 Å². The predicted molar refractivity (Wildman–Crippen MR) is 118 cm³/mol. The number of hydrogen-bond donors (Lipinski definition) is 2. The van der Waals surface area contributed by atoms with E-state index >= 15 is 0 Å². The Morgan fingerprint density at radius 2 is 2.03 bits per heavy atom. The van der Waals surface area contributed by atoms with Crippen molar-refractivity contribution in [1.29, 1.82) is 0 Å². The Balaban J connectivity index is 1.39. The van der Waals surface area contributed by atoms with Crippen LogP contribution in [0.4, 0.5) is 0 Å². The molecule has 1 aromatic rings. The summed E-state index contributed by atoms with van der Waals surface area (Å²) < 4.78 is 16.4. The van der Waals surface area contributed by atoms with Crippen LogP contribution >= 0.6 is 0 Å². The number of carbonyl (C=O) groups excluding carboxylic acids is 1. The van der Waals surface area contributed by atoms with Crippen LogP contribution in [0, 0.1) is 23.2 Å². The topological polar surface area (TPSA) is 77.0 Å². The van der Waals surface area contributed by atoms with Crippen molar-refractivity contribution in [3.05, 3.63) is 35.4 Å². The van der Waals surface area contributed by atoms with E-state index in [1.165, 1.54) is 5.57 Å². The van der Waals surface area contributed by atoms with E-state index in [-0.39, 0.29) is 29.3 Å². The molecule has 2 N–H and O–H groups in total. The molecule has 1 heterocycles. The van der Waals surface area contributed by atoms with Gasteiger partial charge in [0.2, 0.25) is 0 Å².